The Morgan fingerprint density at radius 3 is 2.25 bits per heavy atom. The summed E-state index contributed by atoms with van der Waals surface area (Å²) in [5, 5.41) is 0.771. The largest absolute Gasteiger partial charge is 0.0843 e. The molecule has 0 heterocycles. The van der Waals surface area contributed by atoms with Gasteiger partial charge < -0.3 is 0 Å². The highest BCUT2D eigenvalue weighted by atomic mass is 35.5. The molecule has 0 saturated carbocycles. The fourth-order valence-electron chi connectivity index (χ4n) is 6.55. The van der Waals surface area contributed by atoms with Crippen molar-refractivity contribution in [3.05, 3.63) is 143 Å². The Bertz CT molecular complexity index is 1460. The summed E-state index contributed by atoms with van der Waals surface area (Å²) in [6.07, 6.45) is 9.26. The topological polar surface area (TPSA) is 0 Å². The molecule has 1 heteroatoms. The zero-order valence-electron chi connectivity index (χ0n) is 17.5. The van der Waals surface area contributed by atoms with Crippen LogP contribution in [-0.2, 0) is 5.41 Å². The van der Waals surface area contributed by atoms with Gasteiger partial charge in [0.25, 0.3) is 0 Å². The Morgan fingerprint density at radius 2 is 1.34 bits per heavy atom. The van der Waals surface area contributed by atoms with E-state index in [4.69, 9.17) is 11.6 Å². The molecular formula is C31H21Cl. The van der Waals surface area contributed by atoms with E-state index >= 15 is 0 Å². The zero-order valence-corrected chi connectivity index (χ0v) is 18.3. The van der Waals surface area contributed by atoms with Crippen LogP contribution in [-0.4, -0.2) is 0 Å². The molecule has 0 saturated heterocycles. The zero-order chi connectivity index (χ0) is 21.3. The van der Waals surface area contributed by atoms with Gasteiger partial charge in [0.2, 0.25) is 0 Å². The lowest BCUT2D eigenvalue weighted by Crippen LogP contribution is -2.32. The second-order valence-electron chi connectivity index (χ2n) is 9.00. The predicted octanol–water partition coefficient (Wildman–Crippen LogP) is 8.16. The van der Waals surface area contributed by atoms with Crippen LogP contribution in [0.3, 0.4) is 0 Å². The summed E-state index contributed by atoms with van der Waals surface area (Å²) in [5.74, 6) is 0.756. The highest BCUT2D eigenvalue weighted by molar-refractivity contribution is 6.30. The normalized spacial score (nSPS) is 23.7. The summed E-state index contributed by atoms with van der Waals surface area (Å²) in [7, 11) is 0. The summed E-state index contributed by atoms with van der Waals surface area (Å²) in [4.78, 5) is 0. The first kappa shape index (κ1) is 18.2. The standard InChI is InChI=1S/C31H21Cl/c32-21-10-7-9-20(19-21)22-14-8-18-29-30(22)25-13-3-6-17-28(25)31(29)26-15-4-1-11-23(26)24-12-2-5-16-27(24)31/h1-19,23,26H. The van der Waals surface area contributed by atoms with Crippen molar-refractivity contribution in [2.24, 2.45) is 5.92 Å². The quantitative estimate of drug-likeness (QED) is 0.287. The number of rotatable bonds is 1. The fourth-order valence-corrected chi connectivity index (χ4v) is 6.74. The van der Waals surface area contributed by atoms with E-state index in [1.54, 1.807) is 0 Å². The number of allylic oxidation sites excluding steroid dienone is 4. The van der Waals surface area contributed by atoms with Crippen LogP contribution >= 0.6 is 11.6 Å². The Hall–Kier alpha value is -3.35. The van der Waals surface area contributed by atoms with Crippen molar-refractivity contribution < 1.29 is 0 Å². The van der Waals surface area contributed by atoms with Crippen molar-refractivity contribution in [3.8, 4) is 22.3 Å². The molecular weight excluding hydrogens is 408 g/mol. The minimum atomic E-state index is -0.178. The van der Waals surface area contributed by atoms with Crippen LogP contribution in [0.5, 0.6) is 0 Å². The van der Waals surface area contributed by atoms with Gasteiger partial charge >= 0.3 is 0 Å². The molecule has 3 atom stereocenters. The molecule has 32 heavy (non-hydrogen) atoms. The highest BCUT2D eigenvalue weighted by Crippen LogP contribution is 2.66. The molecule has 152 valence electrons. The third-order valence-electron chi connectivity index (χ3n) is 7.63. The van der Waals surface area contributed by atoms with Crippen molar-refractivity contribution in [2.75, 3.05) is 0 Å². The van der Waals surface area contributed by atoms with Crippen molar-refractivity contribution in [2.45, 2.75) is 11.3 Å². The molecule has 3 aliphatic carbocycles. The van der Waals surface area contributed by atoms with E-state index in [0.29, 0.717) is 11.8 Å². The van der Waals surface area contributed by atoms with E-state index < -0.39 is 0 Å². The van der Waals surface area contributed by atoms with E-state index in [-0.39, 0.29) is 5.41 Å². The molecule has 0 N–H and O–H groups in total. The molecule has 3 aliphatic rings. The van der Waals surface area contributed by atoms with E-state index in [0.717, 1.165) is 5.02 Å². The SMILES string of the molecule is Clc1cccc(-c2cccc3c2-c2ccccc2C32c3ccccc3C3C=CC=CC32)c1. The first-order valence-electron chi connectivity index (χ1n) is 11.2. The average molecular weight is 429 g/mol. The van der Waals surface area contributed by atoms with Gasteiger partial charge in [0.1, 0.15) is 0 Å². The smallest absolute Gasteiger partial charge is 0.0538 e. The molecule has 0 nitrogen and oxygen atoms in total. The molecule has 0 amide bonds. The number of hydrogen-bond donors (Lipinski definition) is 0. The summed E-state index contributed by atoms with van der Waals surface area (Å²) >= 11 is 6.41. The number of hydrogen-bond acceptors (Lipinski definition) is 0. The summed E-state index contributed by atoms with van der Waals surface area (Å²) in [5.41, 5.74) is 10.7. The Morgan fingerprint density at radius 1 is 0.625 bits per heavy atom. The maximum Gasteiger partial charge on any atom is 0.0538 e. The van der Waals surface area contributed by atoms with E-state index in [1.165, 1.54) is 44.5 Å². The van der Waals surface area contributed by atoms with Gasteiger partial charge in [0.05, 0.1) is 5.41 Å². The monoisotopic (exact) mass is 428 g/mol. The molecule has 1 spiro atoms. The molecule has 0 aliphatic heterocycles. The van der Waals surface area contributed by atoms with Gasteiger partial charge in [0, 0.05) is 16.9 Å². The second kappa shape index (κ2) is 6.58. The summed E-state index contributed by atoms with van der Waals surface area (Å²) < 4.78 is 0. The first-order valence-corrected chi connectivity index (χ1v) is 11.6. The third kappa shape index (κ3) is 2.18. The van der Waals surface area contributed by atoms with E-state index in [9.17, 15) is 0 Å². The highest BCUT2D eigenvalue weighted by Gasteiger charge is 2.57. The number of halogens is 1. The molecule has 0 radical (unpaired) electrons. The van der Waals surface area contributed by atoms with Crippen LogP contribution in [0.4, 0.5) is 0 Å². The van der Waals surface area contributed by atoms with Crippen LogP contribution in [0.25, 0.3) is 22.3 Å². The maximum absolute atomic E-state index is 6.41. The van der Waals surface area contributed by atoms with Gasteiger partial charge in [-0.2, -0.15) is 0 Å². The van der Waals surface area contributed by atoms with Crippen LogP contribution < -0.4 is 0 Å². The lowest BCUT2D eigenvalue weighted by Gasteiger charge is -2.36. The second-order valence-corrected chi connectivity index (χ2v) is 9.44. The summed E-state index contributed by atoms with van der Waals surface area (Å²) in [6.45, 7) is 0. The minimum absolute atomic E-state index is 0.178. The molecule has 3 unspecified atom stereocenters. The van der Waals surface area contributed by atoms with Gasteiger partial charge in [0.15, 0.2) is 0 Å². The molecule has 0 aromatic heterocycles. The lowest BCUT2D eigenvalue weighted by molar-refractivity contribution is 0.465. The first-order chi connectivity index (χ1) is 15.8. The molecule has 4 aromatic carbocycles. The van der Waals surface area contributed by atoms with Crippen molar-refractivity contribution >= 4 is 11.6 Å². The summed E-state index contributed by atoms with van der Waals surface area (Å²) in [6, 6.07) is 33.2. The van der Waals surface area contributed by atoms with Crippen LogP contribution in [0.2, 0.25) is 5.02 Å². The van der Waals surface area contributed by atoms with Gasteiger partial charge in [-0.1, -0.05) is 115 Å². The maximum atomic E-state index is 6.41. The Balaban J connectivity index is 1.62. The number of benzene rings is 4. The lowest BCUT2D eigenvalue weighted by atomic mass is 9.65. The van der Waals surface area contributed by atoms with Crippen LogP contribution in [0.15, 0.2) is 115 Å². The van der Waals surface area contributed by atoms with Crippen LogP contribution in [0, 0.1) is 5.92 Å². The average Bonchev–Trinajstić information content (AvgIpc) is 3.32. The predicted molar refractivity (Wildman–Crippen MR) is 133 cm³/mol. The Kier molecular flexibility index (Phi) is 3.75. The Labute approximate surface area is 193 Å². The van der Waals surface area contributed by atoms with Gasteiger partial charge in [-0.15, -0.1) is 0 Å². The minimum Gasteiger partial charge on any atom is -0.0843 e. The molecule has 7 rings (SSSR count). The van der Waals surface area contributed by atoms with Crippen molar-refractivity contribution in [3.63, 3.8) is 0 Å². The molecule has 0 bridgehead atoms. The van der Waals surface area contributed by atoms with Crippen molar-refractivity contribution in [1.82, 2.24) is 0 Å². The van der Waals surface area contributed by atoms with Gasteiger partial charge in [-0.3, -0.25) is 0 Å². The third-order valence-corrected chi connectivity index (χ3v) is 7.86. The van der Waals surface area contributed by atoms with E-state index in [2.05, 4.69) is 103 Å². The van der Waals surface area contributed by atoms with Gasteiger partial charge in [-0.05, 0) is 56.6 Å². The van der Waals surface area contributed by atoms with E-state index in [1.807, 2.05) is 12.1 Å². The molecule has 0 fully saturated rings. The van der Waals surface area contributed by atoms with Gasteiger partial charge in [-0.25, -0.2) is 0 Å². The number of fused-ring (bicyclic) bond motifs is 10. The van der Waals surface area contributed by atoms with Crippen LogP contribution in [0.1, 0.15) is 28.2 Å². The van der Waals surface area contributed by atoms with Crippen molar-refractivity contribution in [1.29, 1.82) is 0 Å². The molecule has 4 aromatic rings. The fraction of sp³-hybridized carbons (Fsp3) is 0.0968.